The van der Waals surface area contributed by atoms with Crippen molar-refractivity contribution in [1.29, 1.82) is 0 Å². The predicted molar refractivity (Wildman–Crippen MR) is 82.9 cm³/mol. The molecule has 0 saturated heterocycles. The zero-order valence-electron chi connectivity index (χ0n) is 11.7. The van der Waals surface area contributed by atoms with Gasteiger partial charge >= 0.3 is 0 Å². The minimum absolute atomic E-state index is 0.688. The van der Waals surface area contributed by atoms with Gasteiger partial charge in [0, 0.05) is 11.1 Å². The van der Waals surface area contributed by atoms with E-state index in [0.29, 0.717) is 5.82 Å². The molecule has 2 N–H and O–H groups in total. The summed E-state index contributed by atoms with van der Waals surface area (Å²) in [7, 11) is 0. The quantitative estimate of drug-likeness (QED) is 0.765. The van der Waals surface area contributed by atoms with E-state index >= 15 is 0 Å². The molecule has 0 fully saturated rings. The average molecular weight is 263 g/mol. The van der Waals surface area contributed by atoms with Crippen molar-refractivity contribution in [2.24, 2.45) is 0 Å². The number of nitrogen functional groups attached to an aromatic ring is 1. The highest BCUT2D eigenvalue weighted by Crippen LogP contribution is 2.28. The Morgan fingerprint density at radius 1 is 0.950 bits per heavy atom. The second-order valence-corrected chi connectivity index (χ2v) is 4.98. The third-order valence-electron chi connectivity index (χ3n) is 3.46. The maximum Gasteiger partial charge on any atom is 0.130 e. The number of aryl methyl sites for hydroxylation is 1. The van der Waals surface area contributed by atoms with Crippen molar-refractivity contribution < 1.29 is 0 Å². The standard InChI is InChI=1S/C17H17N3/c1-12-7-6-8-14(11-12)16-13(2)17(18)20(19-16)15-9-4-3-5-10-15/h3-11H,18H2,1-2H3. The Bertz CT molecular complexity index is 742. The van der Waals surface area contributed by atoms with Crippen LogP contribution in [0.4, 0.5) is 5.82 Å². The van der Waals surface area contributed by atoms with Gasteiger partial charge in [-0.25, -0.2) is 4.68 Å². The van der Waals surface area contributed by atoms with Crippen LogP contribution in [0.3, 0.4) is 0 Å². The average Bonchev–Trinajstić information content (AvgIpc) is 2.76. The number of hydrogen-bond donors (Lipinski definition) is 1. The van der Waals surface area contributed by atoms with Gasteiger partial charge in [0.15, 0.2) is 0 Å². The van der Waals surface area contributed by atoms with Crippen LogP contribution >= 0.6 is 0 Å². The van der Waals surface area contributed by atoms with Crippen molar-refractivity contribution in [2.75, 3.05) is 5.73 Å². The lowest BCUT2D eigenvalue weighted by atomic mass is 10.1. The maximum absolute atomic E-state index is 6.21. The van der Waals surface area contributed by atoms with E-state index in [1.807, 2.05) is 43.3 Å². The van der Waals surface area contributed by atoms with Crippen molar-refractivity contribution >= 4 is 5.82 Å². The summed E-state index contributed by atoms with van der Waals surface area (Å²) in [5.41, 5.74) is 11.5. The number of benzene rings is 2. The molecule has 1 aromatic heterocycles. The monoisotopic (exact) mass is 263 g/mol. The number of nitrogens with two attached hydrogens (primary N) is 1. The summed E-state index contributed by atoms with van der Waals surface area (Å²) in [4.78, 5) is 0. The summed E-state index contributed by atoms with van der Waals surface area (Å²) < 4.78 is 1.80. The molecule has 3 nitrogen and oxygen atoms in total. The van der Waals surface area contributed by atoms with Crippen molar-refractivity contribution in [1.82, 2.24) is 9.78 Å². The number of anilines is 1. The Hall–Kier alpha value is -2.55. The maximum atomic E-state index is 6.21. The Labute approximate surface area is 118 Å². The summed E-state index contributed by atoms with van der Waals surface area (Å²) in [5, 5.41) is 4.68. The molecule has 100 valence electrons. The van der Waals surface area contributed by atoms with Crippen LogP contribution in [0.1, 0.15) is 11.1 Å². The lowest BCUT2D eigenvalue weighted by Gasteiger charge is -2.02. The summed E-state index contributed by atoms with van der Waals surface area (Å²) in [6.45, 7) is 4.09. The van der Waals surface area contributed by atoms with Gasteiger partial charge in [0.2, 0.25) is 0 Å². The number of hydrogen-bond acceptors (Lipinski definition) is 2. The minimum Gasteiger partial charge on any atom is -0.383 e. The van der Waals surface area contributed by atoms with Gasteiger partial charge in [0.25, 0.3) is 0 Å². The van der Waals surface area contributed by atoms with Crippen molar-refractivity contribution in [3.8, 4) is 16.9 Å². The van der Waals surface area contributed by atoms with Crippen molar-refractivity contribution in [3.63, 3.8) is 0 Å². The normalized spacial score (nSPS) is 10.7. The molecule has 0 unspecified atom stereocenters. The SMILES string of the molecule is Cc1cccc(-c2nn(-c3ccccc3)c(N)c2C)c1. The van der Waals surface area contributed by atoms with Gasteiger partial charge in [-0.05, 0) is 32.0 Å². The molecule has 0 bridgehead atoms. The molecule has 0 aliphatic heterocycles. The Morgan fingerprint density at radius 2 is 1.70 bits per heavy atom. The van der Waals surface area contributed by atoms with E-state index in [9.17, 15) is 0 Å². The van der Waals surface area contributed by atoms with E-state index < -0.39 is 0 Å². The topological polar surface area (TPSA) is 43.8 Å². The Kier molecular flexibility index (Phi) is 3.03. The molecule has 2 aromatic carbocycles. The molecule has 3 heteroatoms. The van der Waals surface area contributed by atoms with Crippen molar-refractivity contribution in [3.05, 3.63) is 65.7 Å². The largest absolute Gasteiger partial charge is 0.383 e. The zero-order chi connectivity index (χ0) is 14.1. The predicted octanol–water partition coefficient (Wildman–Crippen LogP) is 3.74. The molecule has 20 heavy (non-hydrogen) atoms. The fourth-order valence-corrected chi connectivity index (χ4v) is 2.34. The summed E-state index contributed by atoms with van der Waals surface area (Å²) in [6.07, 6.45) is 0. The first-order valence-corrected chi connectivity index (χ1v) is 6.64. The molecule has 1 heterocycles. The van der Waals surface area contributed by atoms with Gasteiger partial charge in [-0.1, -0.05) is 42.0 Å². The first-order chi connectivity index (χ1) is 9.66. The highest BCUT2D eigenvalue weighted by Gasteiger charge is 2.14. The van der Waals surface area contributed by atoms with E-state index in [2.05, 4.69) is 30.2 Å². The molecule has 0 aliphatic carbocycles. The zero-order valence-corrected chi connectivity index (χ0v) is 11.7. The first-order valence-electron chi connectivity index (χ1n) is 6.64. The summed E-state index contributed by atoms with van der Waals surface area (Å²) >= 11 is 0. The highest BCUT2D eigenvalue weighted by atomic mass is 15.3. The fraction of sp³-hybridized carbons (Fsp3) is 0.118. The van der Waals surface area contributed by atoms with Crippen LogP contribution in [0.25, 0.3) is 16.9 Å². The van der Waals surface area contributed by atoms with Crippen LogP contribution in [0.5, 0.6) is 0 Å². The van der Waals surface area contributed by atoms with E-state index in [4.69, 9.17) is 5.73 Å². The summed E-state index contributed by atoms with van der Waals surface area (Å²) in [5.74, 6) is 0.688. The molecule has 0 amide bonds. The van der Waals surface area contributed by atoms with Gasteiger partial charge in [-0.15, -0.1) is 0 Å². The Balaban J connectivity index is 2.16. The highest BCUT2D eigenvalue weighted by molar-refractivity contribution is 5.69. The second-order valence-electron chi connectivity index (χ2n) is 4.98. The van der Waals surface area contributed by atoms with Crippen LogP contribution in [0.2, 0.25) is 0 Å². The molecule has 0 atom stereocenters. The van der Waals surface area contributed by atoms with Gasteiger partial charge in [-0.2, -0.15) is 5.10 Å². The lowest BCUT2D eigenvalue weighted by molar-refractivity contribution is 0.895. The molecule has 0 aliphatic rings. The third-order valence-corrected chi connectivity index (χ3v) is 3.46. The number of nitrogens with zero attached hydrogens (tertiary/aromatic N) is 2. The van der Waals surface area contributed by atoms with Gasteiger partial charge in [0.05, 0.1) is 11.4 Å². The van der Waals surface area contributed by atoms with E-state index in [1.54, 1.807) is 4.68 Å². The molecule has 0 spiro atoms. The van der Waals surface area contributed by atoms with Gasteiger partial charge in [0.1, 0.15) is 5.82 Å². The van der Waals surface area contributed by atoms with Crippen LogP contribution in [0, 0.1) is 13.8 Å². The third kappa shape index (κ3) is 2.07. The number of rotatable bonds is 2. The van der Waals surface area contributed by atoms with E-state index in [0.717, 1.165) is 22.5 Å². The molecule has 0 radical (unpaired) electrons. The van der Waals surface area contributed by atoms with Crippen LogP contribution < -0.4 is 5.73 Å². The molecule has 3 rings (SSSR count). The molecular weight excluding hydrogens is 246 g/mol. The van der Waals surface area contributed by atoms with Crippen LogP contribution in [-0.2, 0) is 0 Å². The molecule has 0 saturated carbocycles. The molecule has 3 aromatic rings. The fourth-order valence-electron chi connectivity index (χ4n) is 2.34. The Morgan fingerprint density at radius 3 is 2.40 bits per heavy atom. The second kappa shape index (κ2) is 4.85. The molecular formula is C17H17N3. The number of para-hydroxylation sites is 1. The van der Waals surface area contributed by atoms with Crippen LogP contribution in [0.15, 0.2) is 54.6 Å². The van der Waals surface area contributed by atoms with E-state index in [1.165, 1.54) is 5.56 Å². The first kappa shape index (κ1) is 12.5. The van der Waals surface area contributed by atoms with Crippen molar-refractivity contribution in [2.45, 2.75) is 13.8 Å². The van der Waals surface area contributed by atoms with Gasteiger partial charge < -0.3 is 5.73 Å². The smallest absolute Gasteiger partial charge is 0.130 e. The number of aromatic nitrogens is 2. The minimum atomic E-state index is 0.688. The van der Waals surface area contributed by atoms with Gasteiger partial charge in [-0.3, -0.25) is 0 Å². The lowest BCUT2D eigenvalue weighted by Crippen LogP contribution is -2.01. The summed E-state index contributed by atoms with van der Waals surface area (Å²) in [6, 6.07) is 18.3. The van der Waals surface area contributed by atoms with Crippen LogP contribution in [-0.4, -0.2) is 9.78 Å². The van der Waals surface area contributed by atoms with E-state index in [-0.39, 0.29) is 0 Å².